The molecular weight excluding hydrogens is 561 g/mol. The average Bonchev–Trinajstić information content (AvgIpc) is 3.32. The van der Waals surface area contributed by atoms with Gasteiger partial charge in [-0.1, -0.05) is 23.7 Å². The molecule has 6 rings (SSSR count). The van der Waals surface area contributed by atoms with Crippen molar-refractivity contribution in [3.8, 4) is 11.5 Å². The number of nitrogens with zero attached hydrogens (tertiary/aromatic N) is 4. The lowest BCUT2D eigenvalue weighted by atomic mass is 10.1. The third-order valence-corrected chi connectivity index (χ3v) is 9.58. The van der Waals surface area contributed by atoms with Crippen molar-refractivity contribution in [2.24, 2.45) is 0 Å². The first kappa shape index (κ1) is 27.7. The molecule has 216 valence electrons. The number of rotatable bonds is 7. The number of halogens is 1. The molecule has 0 radical (unpaired) electrons. The predicted molar refractivity (Wildman–Crippen MR) is 167 cm³/mol. The normalized spacial score (nSPS) is 17.2. The third kappa shape index (κ3) is 5.32. The molecule has 4 aromatic rings. The number of hydrogen-bond donors (Lipinski definition) is 3. The zero-order chi connectivity index (χ0) is 28.9. The minimum Gasteiger partial charge on any atom is -0.494 e. The molecule has 0 unspecified atom stereocenters. The van der Waals surface area contributed by atoms with Gasteiger partial charge in [-0.3, -0.25) is 4.90 Å². The van der Waals surface area contributed by atoms with Crippen LogP contribution in [-0.2, 0) is 4.57 Å². The van der Waals surface area contributed by atoms with Crippen molar-refractivity contribution in [3.05, 3.63) is 47.6 Å². The second-order valence-corrected chi connectivity index (χ2v) is 14.7. The van der Waals surface area contributed by atoms with Crippen LogP contribution in [0.2, 0.25) is 5.02 Å². The first-order valence-electron chi connectivity index (χ1n) is 13.7. The zero-order valence-electron chi connectivity index (χ0n) is 23.9. The molecule has 0 spiro atoms. The maximum atomic E-state index is 13.0. The van der Waals surface area contributed by atoms with Gasteiger partial charge >= 0.3 is 0 Å². The van der Waals surface area contributed by atoms with Gasteiger partial charge in [-0.15, -0.1) is 0 Å². The SMILES string of the molecule is COc1cc2c(cc1Nc1nc(Nc3ccccc3P(C)(C)=O)c3c(Cl)c[nH]c3n1)OC[C@H]1CN(C(C)C)CCN21. The Kier molecular flexibility index (Phi) is 7.26. The van der Waals surface area contributed by atoms with Crippen molar-refractivity contribution in [1.29, 1.82) is 0 Å². The molecule has 10 nitrogen and oxygen atoms in total. The molecular formula is C29H35ClN7O3P. The summed E-state index contributed by atoms with van der Waals surface area (Å²) in [4.78, 5) is 17.5. The van der Waals surface area contributed by atoms with Gasteiger partial charge in [-0.05, 0) is 39.3 Å². The average molecular weight is 596 g/mol. The Balaban J connectivity index is 1.34. The molecule has 12 heteroatoms. The number of benzene rings is 2. The van der Waals surface area contributed by atoms with E-state index in [1.165, 1.54) is 0 Å². The van der Waals surface area contributed by atoms with E-state index < -0.39 is 7.14 Å². The van der Waals surface area contributed by atoms with Crippen molar-refractivity contribution in [1.82, 2.24) is 19.9 Å². The van der Waals surface area contributed by atoms with Crippen molar-refractivity contribution in [2.45, 2.75) is 25.9 Å². The summed E-state index contributed by atoms with van der Waals surface area (Å²) in [7, 11) is -0.907. The van der Waals surface area contributed by atoms with Gasteiger partial charge < -0.3 is 34.6 Å². The van der Waals surface area contributed by atoms with E-state index in [-0.39, 0.29) is 0 Å². The number of H-pyrrole nitrogens is 1. The number of ether oxygens (including phenoxy) is 2. The van der Waals surface area contributed by atoms with Crippen LogP contribution in [0.5, 0.6) is 11.5 Å². The maximum Gasteiger partial charge on any atom is 0.231 e. The van der Waals surface area contributed by atoms with Crippen molar-refractivity contribution in [2.75, 3.05) is 62.2 Å². The third-order valence-electron chi connectivity index (χ3n) is 7.73. The van der Waals surface area contributed by atoms with Crippen LogP contribution in [0.25, 0.3) is 11.0 Å². The lowest BCUT2D eigenvalue weighted by Gasteiger charge is -2.46. The highest BCUT2D eigenvalue weighted by Crippen LogP contribution is 2.44. The van der Waals surface area contributed by atoms with Crippen LogP contribution >= 0.6 is 18.7 Å². The highest BCUT2D eigenvalue weighted by Gasteiger charge is 2.34. The summed E-state index contributed by atoms with van der Waals surface area (Å²) in [6.07, 6.45) is 1.68. The Labute approximate surface area is 244 Å². The lowest BCUT2D eigenvalue weighted by molar-refractivity contribution is 0.142. The monoisotopic (exact) mass is 595 g/mol. The van der Waals surface area contributed by atoms with Gasteiger partial charge in [0.1, 0.15) is 36.7 Å². The number of nitrogens with one attached hydrogen (secondary N) is 3. The standard InChI is InChI=1S/C29H35ClN7O3P/c1-17(2)36-10-11-37-18(15-36)16-40-24-12-21(23(39-3)13-22(24)37)33-29-34-27-26(19(30)14-31-27)28(35-29)32-20-8-6-7-9-25(20)41(4,5)38/h6-9,12-14,17-18H,10-11,15-16H2,1-5H3,(H3,31,32,33,34,35)/t18-/m1/s1. The van der Waals surface area contributed by atoms with Crippen molar-refractivity contribution in [3.63, 3.8) is 0 Å². The van der Waals surface area contributed by atoms with E-state index in [0.29, 0.717) is 63.6 Å². The molecule has 1 atom stereocenters. The topological polar surface area (TPSA) is 108 Å². The summed E-state index contributed by atoms with van der Waals surface area (Å²) >= 11 is 6.52. The Bertz CT molecular complexity index is 1650. The fraction of sp³-hybridized carbons (Fsp3) is 0.379. The molecule has 2 aliphatic rings. The van der Waals surface area contributed by atoms with Crippen LogP contribution in [0.4, 0.5) is 28.8 Å². The molecule has 2 aliphatic heterocycles. The van der Waals surface area contributed by atoms with Crippen molar-refractivity contribution < 1.29 is 14.0 Å². The van der Waals surface area contributed by atoms with Crippen LogP contribution in [0, 0.1) is 0 Å². The summed E-state index contributed by atoms with van der Waals surface area (Å²) in [5.74, 6) is 2.28. The van der Waals surface area contributed by atoms with Crippen LogP contribution < -0.4 is 30.3 Å². The molecule has 2 aromatic heterocycles. The summed E-state index contributed by atoms with van der Waals surface area (Å²) < 4.78 is 25.0. The number of hydrogen-bond acceptors (Lipinski definition) is 9. The quantitative estimate of drug-likeness (QED) is 0.234. The minimum absolute atomic E-state index is 0.295. The minimum atomic E-state index is -2.56. The Hall–Kier alpha value is -3.46. The van der Waals surface area contributed by atoms with Crippen molar-refractivity contribution >= 4 is 63.9 Å². The van der Waals surface area contributed by atoms with Gasteiger partial charge in [0.2, 0.25) is 5.95 Å². The van der Waals surface area contributed by atoms with Gasteiger partial charge in [0.25, 0.3) is 0 Å². The Morgan fingerprint density at radius 3 is 2.71 bits per heavy atom. The van der Waals surface area contributed by atoms with E-state index in [9.17, 15) is 4.57 Å². The smallest absolute Gasteiger partial charge is 0.231 e. The second kappa shape index (κ2) is 10.7. The lowest BCUT2D eigenvalue weighted by Crippen LogP contribution is -2.58. The van der Waals surface area contributed by atoms with E-state index in [1.54, 1.807) is 26.6 Å². The fourth-order valence-electron chi connectivity index (χ4n) is 5.59. The highest BCUT2D eigenvalue weighted by molar-refractivity contribution is 7.70. The van der Waals surface area contributed by atoms with E-state index in [4.69, 9.17) is 26.1 Å². The van der Waals surface area contributed by atoms with E-state index in [2.05, 4.69) is 44.2 Å². The van der Waals surface area contributed by atoms with Gasteiger partial charge in [-0.25, -0.2) is 0 Å². The molecule has 0 bridgehead atoms. The zero-order valence-corrected chi connectivity index (χ0v) is 25.5. The summed E-state index contributed by atoms with van der Waals surface area (Å²) in [5, 5.41) is 8.54. The predicted octanol–water partition coefficient (Wildman–Crippen LogP) is 5.65. The van der Waals surface area contributed by atoms with Gasteiger partial charge in [0.15, 0.2) is 0 Å². The molecule has 4 heterocycles. The second-order valence-electron chi connectivity index (χ2n) is 11.1. The molecule has 2 aromatic carbocycles. The van der Waals surface area contributed by atoms with Crippen LogP contribution in [-0.4, -0.2) is 78.6 Å². The fourth-order valence-corrected chi connectivity index (χ4v) is 6.98. The maximum absolute atomic E-state index is 13.0. The molecule has 1 fully saturated rings. The van der Waals surface area contributed by atoms with Gasteiger partial charge in [0.05, 0.1) is 40.6 Å². The molecule has 41 heavy (non-hydrogen) atoms. The number of methoxy groups -OCH3 is 1. The van der Waals surface area contributed by atoms with Crippen LogP contribution in [0.15, 0.2) is 42.6 Å². The number of para-hydroxylation sites is 1. The Morgan fingerprint density at radius 1 is 1.15 bits per heavy atom. The number of aromatic amines is 1. The first-order valence-corrected chi connectivity index (χ1v) is 16.7. The van der Waals surface area contributed by atoms with Crippen LogP contribution in [0.1, 0.15) is 13.8 Å². The highest BCUT2D eigenvalue weighted by atomic mass is 35.5. The molecule has 0 aliphatic carbocycles. The summed E-state index contributed by atoms with van der Waals surface area (Å²) in [6, 6.07) is 12.3. The van der Waals surface area contributed by atoms with Gasteiger partial charge in [0, 0.05) is 49.3 Å². The number of piperazine rings is 1. The summed E-state index contributed by atoms with van der Waals surface area (Å²) in [5.41, 5.74) is 2.97. The Morgan fingerprint density at radius 2 is 1.95 bits per heavy atom. The molecule has 1 saturated heterocycles. The number of anilines is 5. The van der Waals surface area contributed by atoms with E-state index in [1.807, 2.05) is 36.4 Å². The molecule has 0 amide bonds. The van der Waals surface area contributed by atoms with Crippen LogP contribution in [0.3, 0.4) is 0 Å². The molecule has 0 saturated carbocycles. The largest absolute Gasteiger partial charge is 0.494 e. The van der Waals surface area contributed by atoms with Gasteiger partial charge in [-0.2, -0.15) is 9.97 Å². The summed E-state index contributed by atoms with van der Waals surface area (Å²) in [6.45, 7) is 11.5. The first-order chi connectivity index (χ1) is 19.6. The number of fused-ring (bicyclic) bond motifs is 4. The number of aromatic nitrogens is 3. The van der Waals surface area contributed by atoms with E-state index >= 15 is 0 Å². The molecule has 3 N–H and O–H groups in total. The van der Waals surface area contributed by atoms with E-state index in [0.717, 1.165) is 36.4 Å².